The van der Waals surface area contributed by atoms with Crippen LogP contribution in [0, 0.1) is 0 Å². The highest BCUT2D eigenvalue weighted by Crippen LogP contribution is 2.33. The molecule has 2 heterocycles. The van der Waals surface area contributed by atoms with Crippen LogP contribution < -0.4 is 5.32 Å². The first-order valence-corrected chi connectivity index (χ1v) is 8.78. The van der Waals surface area contributed by atoms with Crippen LogP contribution in [0.15, 0.2) is 30.5 Å². The molecule has 124 valence electrons. The summed E-state index contributed by atoms with van der Waals surface area (Å²) in [6.45, 7) is 8.14. The number of para-hydroxylation sites is 1. The van der Waals surface area contributed by atoms with Crippen molar-refractivity contribution in [3.8, 4) is 0 Å². The van der Waals surface area contributed by atoms with Crippen molar-refractivity contribution in [2.45, 2.75) is 39.2 Å². The smallest absolute Gasteiger partial charge is 0.227 e. The number of nitrogens with one attached hydrogen (secondary N) is 1. The highest BCUT2D eigenvalue weighted by Gasteiger charge is 2.25. The van der Waals surface area contributed by atoms with Crippen molar-refractivity contribution in [1.29, 1.82) is 0 Å². The lowest BCUT2D eigenvalue weighted by atomic mass is 9.98. The van der Waals surface area contributed by atoms with E-state index in [0.717, 1.165) is 38.1 Å². The third-order valence-electron chi connectivity index (χ3n) is 4.86. The van der Waals surface area contributed by atoms with E-state index >= 15 is 0 Å². The van der Waals surface area contributed by atoms with E-state index in [9.17, 15) is 4.79 Å². The Morgan fingerprint density at radius 3 is 2.70 bits per heavy atom. The van der Waals surface area contributed by atoms with Gasteiger partial charge in [-0.05, 0) is 18.1 Å². The van der Waals surface area contributed by atoms with E-state index in [1.165, 1.54) is 23.8 Å². The molecule has 1 atom stereocenters. The quantitative estimate of drug-likeness (QED) is 0.919. The van der Waals surface area contributed by atoms with E-state index in [-0.39, 0.29) is 5.91 Å². The Kier molecular flexibility index (Phi) is 5.13. The molecule has 1 aromatic heterocycles. The molecule has 0 spiro atoms. The summed E-state index contributed by atoms with van der Waals surface area (Å²) in [5.41, 5.74) is 2.35. The van der Waals surface area contributed by atoms with Gasteiger partial charge in [0.25, 0.3) is 0 Å². The molecular formula is C19H27N3O. The summed E-state index contributed by atoms with van der Waals surface area (Å²) in [5.74, 6) is 0.0852. The fraction of sp³-hybridized carbons (Fsp3) is 0.526. The van der Waals surface area contributed by atoms with Gasteiger partial charge in [-0.15, -0.1) is 0 Å². The number of carbonyl (C=O) groups is 1. The number of benzene rings is 1. The number of hydrogen-bond acceptors (Lipinski definition) is 3. The largest absolute Gasteiger partial charge is 0.314 e. The maximum atomic E-state index is 12.0. The van der Waals surface area contributed by atoms with Crippen molar-refractivity contribution in [3.05, 3.63) is 36.0 Å². The maximum absolute atomic E-state index is 12.0. The highest BCUT2D eigenvalue weighted by molar-refractivity contribution is 5.93. The van der Waals surface area contributed by atoms with E-state index in [1.54, 1.807) is 6.92 Å². The summed E-state index contributed by atoms with van der Waals surface area (Å²) in [6.07, 6.45) is 5.65. The molecule has 0 amide bonds. The number of carbonyl (C=O) groups excluding carboxylic acids is 1. The average Bonchev–Trinajstić information content (AvgIpc) is 2.96. The average molecular weight is 313 g/mol. The highest BCUT2D eigenvalue weighted by atomic mass is 16.1. The fourth-order valence-electron chi connectivity index (χ4n) is 3.66. The Balaban J connectivity index is 2.04. The zero-order chi connectivity index (χ0) is 16.2. The van der Waals surface area contributed by atoms with Gasteiger partial charge in [-0.25, -0.2) is 0 Å². The molecule has 1 aliphatic heterocycles. The third-order valence-corrected chi connectivity index (χ3v) is 4.86. The van der Waals surface area contributed by atoms with Crippen molar-refractivity contribution in [1.82, 2.24) is 14.8 Å². The van der Waals surface area contributed by atoms with Gasteiger partial charge in [0.1, 0.15) is 0 Å². The van der Waals surface area contributed by atoms with Gasteiger partial charge in [-0.2, -0.15) is 0 Å². The Bertz CT molecular complexity index is 670. The molecule has 4 heteroatoms. The minimum absolute atomic E-state index is 0.0852. The molecule has 4 nitrogen and oxygen atoms in total. The van der Waals surface area contributed by atoms with Crippen molar-refractivity contribution in [2.24, 2.45) is 0 Å². The molecule has 3 rings (SSSR count). The molecule has 2 aromatic rings. The first-order chi connectivity index (χ1) is 11.2. The van der Waals surface area contributed by atoms with Gasteiger partial charge in [-0.3, -0.25) is 14.3 Å². The van der Waals surface area contributed by atoms with E-state index in [2.05, 4.69) is 41.5 Å². The van der Waals surface area contributed by atoms with Crippen molar-refractivity contribution in [3.63, 3.8) is 0 Å². The van der Waals surface area contributed by atoms with Crippen LogP contribution in [0.2, 0.25) is 0 Å². The molecule has 1 saturated heterocycles. The van der Waals surface area contributed by atoms with Crippen LogP contribution in [0.1, 0.15) is 49.5 Å². The Morgan fingerprint density at radius 2 is 2.00 bits per heavy atom. The summed E-state index contributed by atoms with van der Waals surface area (Å²) in [6, 6.07) is 8.70. The molecule has 0 bridgehead atoms. The second kappa shape index (κ2) is 7.28. The number of nitrogens with zero attached hydrogens (tertiary/aromatic N) is 2. The lowest BCUT2D eigenvalue weighted by molar-refractivity contribution is 0.0941. The molecule has 23 heavy (non-hydrogen) atoms. The van der Waals surface area contributed by atoms with Gasteiger partial charge in [0.2, 0.25) is 5.91 Å². The number of piperazine rings is 1. The minimum atomic E-state index is 0.0852. The monoisotopic (exact) mass is 313 g/mol. The van der Waals surface area contributed by atoms with E-state index in [0.29, 0.717) is 6.04 Å². The first kappa shape index (κ1) is 16.2. The van der Waals surface area contributed by atoms with Gasteiger partial charge in [0, 0.05) is 50.7 Å². The normalized spacial score (nSPS) is 17.5. The summed E-state index contributed by atoms with van der Waals surface area (Å²) >= 11 is 0. The number of hydrogen-bond donors (Lipinski definition) is 1. The molecule has 1 N–H and O–H groups in total. The van der Waals surface area contributed by atoms with Crippen LogP contribution in [0.5, 0.6) is 0 Å². The lowest BCUT2D eigenvalue weighted by Crippen LogP contribution is -2.45. The summed E-state index contributed by atoms with van der Waals surface area (Å²) in [4.78, 5) is 14.6. The predicted octanol–water partition coefficient (Wildman–Crippen LogP) is 3.44. The molecule has 0 radical (unpaired) electrons. The SMILES string of the molecule is CCCC[C@H](c1cn(C(C)=O)c2ccccc12)N1CCNCC1. The standard InChI is InChI=1S/C19H27N3O/c1-3-4-8-18(21-12-10-20-11-13-21)17-14-22(15(2)23)19-9-6-5-7-16(17)19/h5-7,9,14,18,20H,3-4,8,10-13H2,1-2H3/t18-/m1/s1. The molecule has 0 saturated carbocycles. The van der Waals surface area contributed by atoms with Gasteiger partial charge in [-0.1, -0.05) is 38.0 Å². The molecule has 1 fully saturated rings. The summed E-state index contributed by atoms with van der Waals surface area (Å²) in [5, 5.41) is 4.66. The molecule has 1 aromatic carbocycles. The number of unbranched alkanes of at least 4 members (excludes halogenated alkanes) is 1. The predicted molar refractivity (Wildman–Crippen MR) is 94.9 cm³/mol. The van der Waals surface area contributed by atoms with Crippen molar-refractivity contribution >= 4 is 16.8 Å². The van der Waals surface area contributed by atoms with E-state index < -0.39 is 0 Å². The van der Waals surface area contributed by atoms with Crippen LogP contribution in [0.3, 0.4) is 0 Å². The maximum Gasteiger partial charge on any atom is 0.227 e. The second-order valence-electron chi connectivity index (χ2n) is 6.43. The minimum Gasteiger partial charge on any atom is -0.314 e. The molecule has 1 aliphatic rings. The van der Waals surface area contributed by atoms with Gasteiger partial charge in [0.15, 0.2) is 0 Å². The molecular weight excluding hydrogens is 286 g/mol. The summed E-state index contributed by atoms with van der Waals surface area (Å²) < 4.78 is 1.81. The fourth-order valence-corrected chi connectivity index (χ4v) is 3.66. The van der Waals surface area contributed by atoms with Gasteiger partial charge in [0.05, 0.1) is 5.52 Å². The number of fused-ring (bicyclic) bond motifs is 1. The summed E-state index contributed by atoms with van der Waals surface area (Å²) in [7, 11) is 0. The van der Waals surface area contributed by atoms with Crippen molar-refractivity contribution < 1.29 is 4.79 Å². The number of rotatable bonds is 5. The zero-order valence-electron chi connectivity index (χ0n) is 14.2. The van der Waals surface area contributed by atoms with E-state index in [1.807, 2.05) is 10.6 Å². The number of aromatic nitrogens is 1. The Labute approximate surface area is 138 Å². The topological polar surface area (TPSA) is 37.3 Å². The van der Waals surface area contributed by atoms with Crippen LogP contribution >= 0.6 is 0 Å². The zero-order valence-corrected chi connectivity index (χ0v) is 14.2. The van der Waals surface area contributed by atoms with Gasteiger partial charge < -0.3 is 5.32 Å². The Hall–Kier alpha value is -1.65. The molecule has 0 aliphatic carbocycles. The van der Waals surface area contributed by atoms with Crippen LogP contribution in [-0.4, -0.2) is 41.6 Å². The van der Waals surface area contributed by atoms with Gasteiger partial charge >= 0.3 is 0 Å². The van der Waals surface area contributed by atoms with Crippen LogP contribution in [0.25, 0.3) is 10.9 Å². The van der Waals surface area contributed by atoms with Crippen LogP contribution in [-0.2, 0) is 0 Å². The van der Waals surface area contributed by atoms with Crippen molar-refractivity contribution in [2.75, 3.05) is 26.2 Å². The first-order valence-electron chi connectivity index (χ1n) is 8.78. The van der Waals surface area contributed by atoms with Crippen LogP contribution in [0.4, 0.5) is 0 Å². The Morgan fingerprint density at radius 1 is 1.26 bits per heavy atom. The molecule has 0 unspecified atom stereocenters. The lowest BCUT2D eigenvalue weighted by Gasteiger charge is -2.35. The third kappa shape index (κ3) is 3.33. The van der Waals surface area contributed by atoms with E-state index in [4.69, 9.17) is 0 Å². The second-order valence-corrected chi connectivity index (χ2v) is 6.43.